The van der Waals surface area contributed by atoms with Crippen molar-refractivity contribution in [2.24, 2.45) is 5.90 Å². The van der Waals surface area contributed by atoms with Gasteiger partial charge in [0.1, 0.15) is 17.6 Å². The average molecular weight is 750 g/mol. The van der Waals surface area contributed by atoms with Crippen LogP contribution in [0.2, 0.25) is 0 Å². The van der Waals surface area contributed by atoms with Crippen molar-refractivity contribution in [2.45, 2.75) is 16.2 Å². The van der Waals surface area contributed by atoms with Gasteiger partial charge in [-0.05, 0) is 84.9 Å². The molecular weight excluding hydrogens is 723 g/mol. The number of benzene rings is 4. The van der Waals surface area contributed by atoms with E-state index in [1.165, 1.54) is 58.9 Å². The van der Waals surface area contributed by atoms with E-state index in [2.05, 4.69) is 19.5 Å². The van der Waals surface area contributed by atoms with E-state index in [0.717, 1.165) is 18.3 Å². The molecule has 0 aliphatic rings. The minimum Gasteiger partial charge on any atom is -0.494 e. The average Bonchev–Trinajstić information content (AvgIpc) is 3.77. The van der Waals surface area contributed by atoms with Crippen LogP contribution < -0.4 is 10.6 Å². The standard InChI is InChI=1S/C17H14F3N3O3S.C17H12FN3O2S.B/c1-24-16-7-2-10(8-13(16)18)15-9-14(17(19)20)22-23(15)11-3-5-12(6-4-11)27-26-25-21;1-24(22,23)16-8-2-12(3-9-16)17-10-14(11-19)20-21(17)15-6-4-13(18)5-7-15;/h2-9,17H,21H2,1H3;2-10H,1H3;. The first-order valence-electron chi connectivity index (χ1n) is 14.5. The Morgan fingerprint density at radius 2 is 1.40 bits per heavy atom. The smallest absolute Gasteiger partial charge is 0.282 e. The quantitative estimate of drug-likeness (QED) is 0.0509. The number of hydrogen-bond acceptors (Lipinski definition) is 10. The lowest BCUT2D eigenvalue weighted by molar-refractivity contribution is -0.195. The number of rotatable bonds is 10. The molecule has 0 amide bonds. The Kier molecular flexibility index (Phi) is 13.0. The number of sulfone groups is 1. The third-order valence-corrected chi connectivity index (χ3v) is 8.86. The first-order chi connectivity index (χ1) is 24.4. The van der Waals surface area contributed by atoms with Crippen LogP contribution in [0.1, 0.15) is 17.8 Å². The molecule has 2 N–H and O–H groups in total. The Labute approximate surface area is 301 Å². The SMILES string of the molecule is COc1ccc(-c2cc(C(F)F)nn2-c2ccc(SOON)cc2)cc1F.CS(=O)(=O)c1ccc(-c2cc(C#N)nn2-c2ccc(F)cc2)cc1.[B]. The van der Waals surface area contributed by atoms with Crippen molar-refractivity contribution in [2.75, 3.05) is 13.4 Å². The molecule has 6 rings (SSSR count). The van der Waals surface area contributed by atoms with Gasteiger partial charge in [-0.1, -0.05) is 12.1 Å². The summed E-state index contributed by atoms with van der Waals surface area (Å²) in [6, 6.07) is 27.6. The molecule has 6 aromatic rings. The highest BCUT2D eigenvalue weighted by molar-refractivity contribution is 7.94. The third kappa shape index (κ3) is 9.26. The molecule has 4 aromatic carbocycles. The Balaban J connectivity index is 0.000000230. The normalized spacial score (nSPS) is 11.0. The lowest BCUT2D eigenvalue weighted by atomic mass is 10.1. The topological polar surface area (TPSA) is 147 Å². The van der Waals surface area contributed by atoms with Crippen LogP contribution in [0, 0.1) is 23.0 Å². The molecule has 0 spiro atoms. The van der Waals surface area contributed by atoms with Gasteiger partial charge in [-0.25, -0.2) is 35.3 Å². The summed E-state index contributed by atoms with van der Waals surface area (Å²) in [6.45, 7) is 0. The summed E-state index contributed by atoms with van der Waals surface area (Å²) >= 11 is 0.881. The second-order valence-corrected chi connectivity index (χ2v) is 13.3. The van der Waals surface area contributed by atoms with E-state index in [4.69, 9.17) is 15.9 Å². The van der Waals surface area contributed by atoms with E-state index in [9.17, 15) is 26.0 Å². The summed E-state index contributed by atoms with van der Waals surface area (Å²) in [5.74, 6) is 3.86. The van der Waals surface area contributed by atoms with Crippen molar-refractivity contribution < 1.29 is 40.0 Å². The molecule has 0 saturated heterocycles. The van der Waals surface area contributed by atoms with E-state index in [-0.39, 0.29) is 30.6 Å². The summed E-state index contributed by atoms with van der Waals surface area (Å²) in [7, 11) is -1.94. The number of nitriles is 1. The number of ether oxygens (including phenoxy) is 1. The van der Waals surface area contributed by atoms with Gasteiger partial charge in [-0.2, -0.15) is 21.4 Å². The Morgan fingerprint density at radius 1 is 0.827 bits per heavy atom. The summed E-state index contributed by atoms with van der Waals surface area (Å²) in [5.41, 5.74) is 2.89. The summed E-state index contributed by atoms with van der Waals surface area (Å²) in [5, 5.41) is 17.2. The molecule has 0 bridgehead atoms. The van der Waals surface area contributed by atoms with Crippen molar-refractivity contribution >= 4 is 30.3 Å². The summed E-state index contributed by atoms with van der Waals surface area (Å²) in [6.07, 6.45) is -1.63. The molecule has 265 valence electrons. The van der Waals surface area contributed by atoms with Gasteiger partial charge in [0.15, 0.2) is 27.1 Å². The molecule has 18 heteroatoms. The number of hydrogen-bond donors (Lipinski definition) is 1. The predicted octanol–water partition coefficient (Wildman–Crippen LogP) is 7.03. The first kappa shape index (κ1) is 39.3. The maximum absolute atomic E-state index is 14.1. The second kappa shape index (κ2) is 17.2. The zero-order valence-electron chi connectivity index (χ0n) is 27.2. The van der Waals surface area contributed by atoms with Gasteiger partial charge in [0.05, 0.1) is 46.8 Å². The number of nitrogens with two attached hydrogens (primary N) is 1. The molecule has 52 heavy (non-hydrogen) atoms. The molecule has 0 fully saturated rings. The lowest BCUT2D eigenvalue weighted by Crippen LogP contribution is -2.00. The summed E-state index contributed by atoms with van der Waals surface area (Å²) < 4.78 is 88.9. The molecule has 0 saturated carbocycles. The molecule has 0 unspecified atom stereocenters. The van der Waals surface area contributed by atoms with Gasteiger partial charge in [-0.15, -0.1) is 9.32 Å². The van der Waals surface area contributed by atoms with Crippen molar-refractivity contribution in [3.05, 3.63) is 126 Å². The van der Waals surface area contributed by atoms with E-state index in [0.29, 0.717) is 38.8 Å². The molecular formula is C34H26BF4N6O5S2. The molecule has 0 aliphatic carbocycles. The molecule has 0 aliphatic heterocycles. The fourth-order valence-corrected chi connectivity index (χ4v) is 5.72. The minimum atomic E-state index is -3.28. The third-order valence-electron chi connectivity index (χ3n) is 7.12. The number of alkyl halides is 2. The van der Waals surface area contributed by atoms with E-state index >= 15 is 0 Å². The lowest BCUT2D eigenvalue weighted by Gasteiger charge is -2.09. The minimum absolute atomic E-state index is 0. The van der Waals surface area contributed by atoms with Crippen LogP contribution in [-0.2, 0) is 19.2 Å². The molecule has 0 atom stereocenters. The largest absolute Gasteiger partial charge is 0.494 e. The number of halogens is 4. The fraction of sp³-hybridized carbons (Fsp3) is 0.0882. The van der Waals surface area contributed by atoms with Gasteiger partial charge in [0.2, 0.25) is 0 Å². The van der Waals surface area contributed by atoms with Crippen LogP contribution in [0.25, 0.3) is 33.9 Å². The van der Waals surface area contributed by atoms with Crippen molar-refractivity contribution in [3.8, 4) is 45.7 Å². The van der Waals surface area contributed by atoms with E-state index < -0.39 is 27.8 Å². The second-order valence-electron chi connectivity index (χ2n) is 10.5. The van der Waals surface area contributed by atoms with Crippen LogP contribution in [0.5, 0.6) is 5.75 Å². The number of nitrogens with zero attached hydrogens (tertiary/aromatic N) is 5. The van der Waals surface area contributed by atoms with Gasteiger partial charge < -0.3 is 4.74 Å². The highest BCUT2D eigenvalue weighted by atomic mass is 32.2. The van der Waals surface area contributed by atoms with Crippen LogP contribution in [0.3, 0.4) is 0 Å². The van der Waals surface area contributed by atoms with Crippen molar-refractivity contribution in [1.82, 2.24) is 19.6 Å². The van der Waals surface area contributed by atoms with Crippen LogP contribution in [0.15, 0.2) is 113 Å². The zero-order chi connectivity index (χ0) is 36.7. The van der Waals surface area contributed by atoms with Gasteiger partial charge in [0, 0.05) is 36.8 Å². The number of methoxy groups -OCH3 is 1. The number of aromatic nitrogens is 4. The van der Waals surface area contributed by atoms with Gasteiger partial charge >= 0.3 is 0 Å². The maximum Gasteiger partial charge on any atom is 0.282 e. The Morgan fingerprint density at radius 3 is 1.94 bits per heavy atom. The van der Waals surface area contributed by atoms with E-state index in [1.54, 1.807) is 60.7 Å². The van der Waals surface area contributed by atoms with Crippen LogP contribution >= 0.6 is 12.0 Å². The monoisotopic (exact) mass is 749 g/mol. The van der Waals surface area contributed by atoms with E-state index in [1.807, 2.05) is 6.07 Å². The first-order valence-corrected chi connectivity index (χ1v) is 17.1. The molecule has 11 nitrogen and oxygen atoms in total. The molecule has 2 heterocycles. The Hall–Kier alpha value is -5.45. The summed E-state index contributed by atoms with van der Waals surface area (Å²) in [4.78, 5) is 4.89. The van der Waals surface area contributed by atoms with Crippen molar-refractivity contribution in [3.63, 3.8) is 0 Å². The van der Waals surface area contributed by atoms with Crippen LogP contribution in [-0.4, -0.2) is 49.8 Å². The highest BCUT2D eigenvalue weighted by Crippen LogP contribution is 2.32. The zero-order valence-corrected chi connectivity index (χ0v) is 28.8. The van der Waals surface area contributed by atoms with Gasteiger partial charge in [0.25, 0.3) is 6.43 Å². The van der Waals surface area contributed by atoms with Crippen LogP contribution in [0.4, 0.5) is 17.6 Å². The van der Waals surface area contributed by atoms with Crippen molar-refractivity contribution in [1.29, 1.82) is 5.26 Å². The molecule has 2 aromatic heterocycles. The Bertz CT molecular complexity index is 2280. The fourth-order valence-electron chi connectivity index (χ4n) is 4.73. The predicted molar refractivity (Wildman–Crippen MR) is 185 cm³/mol. The highest BCUT2D eigenvalue weighted by Gasteiger charge is 2.19. The van der Waals surface area contributed by atoms with Gasteiger partial charge in [-0.3, -0.25) is 0 Å². The maximum atomic E-state index is 14.1. The molecule has 3 radical (unpaired) electrons.